The Labute approximate surface area is 137 Å². The molecular formula is C17H23N3OS. The van der Waals surface area contributed by atoms with E-state index in [4.69, 9.17) is 0 Å². The van der Waals surface area contributed by atoms with Gasteiger partial charge in [0.15, 0.2) is 5.78 Å². The first-order valence-corrected chi connectivity index (χ1v) is 8.10. The quantitative estimate of drug-likeness (QED) is 0.335. The average Bonchev–Trinajstić information content (AvgIpc) is 3.25. The van der Waals surface area contributed by atoms with Crippen LogP contribution in [0.25, 0.3) is 0 Å². The molecular weight excluding hydrogens is 294 g/mol. The van der Waals surface area contributed by atoms with Crippen LogP contribution in [0.4, 0.5) is 0 Å². The van der Waals surface area contributed by atoms with Gasteiger partial charge in [-0.05, 0) is 36.1 Å². The summed E-state index contributed by atoms with van der Waals surface area (Å²) in [6.45, 7) is 0. The molecule has 1 aromatic carbocycles. The topological polar surface area (TPSA) is 35.9 Å². The Morgan fingerprint density at radius 2 is 1.86 bits per heavy atom. The summed E-state index contributed by atoms with van der Waals surface area (Å²) in [5, 5.41) is 0. The molecule has 1 aliphatic carbocycles. The van der Waals surface area contributed by atoms with Crippen LogP contribution in [-0.2, 0) is 4.79 Å². The van der Waals surface area contributed by atoms with Gasteiger partial charge in [-0.3, -0.25) is 4.79 Å². The Bertz CT molecular complexity index is 564. The van der Waals surface area contributed by atoms with Crippen molar-refractivity contribution in [2.45, 2.75) is 17.2 Å². The standard InChI is InChI=1S/C17H23N3OS/c1-19(2)10-9-17(21)16-11-15(16)13-5-7-14(8-6-13)22-18-12-20(3)4/h5-10,12,15-16H,11H2,1-4H3/b10-9+,18-12+. The highest BCUT2D eigenvalue weighted by Crippen LogP contribution is 2.48. The number of nitrogens with zero attached hydrogens (tertiary/aromatic N) is 3. The minimum absolute atomic E-state index is 0.154. The molecule has 0 aromatic heterocycles. The number of carbonyl (C=O) groups is 1. The first-order valence-electron chi connectivity index (χ1n) is 7.32. The zero-order chi connectivity index (χ0) is 16.1. The molecule has 0 heterocycles. The summed E-state index contributed by atoms with van der Waals surface area (Å²) in [7, 11) is 7.73. The number of allylic oxidation sites excluding steroid dienone is 1. The smallest absolute Gasteiger partial charge is 0.160 e. The lowest BCUT2D eigenvalue weighted by Crippen LogP contribution is -2.06. The second-order valence-corrected chi connectivity index (χ2v) is 6.84. The van der Waals surface area contributed by atoms with Crippen LogP contribution in [0.1, 0.15) is 17.9 Å². The van der Waals surface area contributed by atoms with E-state index in [0.717, 1.165) is 11.3 Å². The number of ketones is 1. The Morgan fingerprint density at radius 1 is 1.18 bits per heavy atom. The highest BCUT2D eigenvalue weighted by atomic mass is 32.2. The van der Waals surface area contributed by atoms with Crippen molar-refractivity contribution in [2.75, 3.05) is 28.2 Å². The van der Waals surface area contributed by atoms with Crippen molar-refractivity contribution < 1.29 is 4.79 Å². The van der Waals surface area contributed by atoms with Crippen molar-refractivity contribution in [1.29, 1.82) is 0 Å². The number of benzene rings is 1. The molecule has 22 heavy (non-hydrogen) atoms. The molecule has 0 aliphatic heterocycles. The van der Waals surface area contributed by atoms with Gasteiger partial charge in [-0.15, -0.1) is 0 Å². The normalized spacial score (nSPS) is 20.5. The van der Waals surface area contributed by atoms with Crippen LogP contribution in [0.5, 0.6) is 0 Å². The maximum Gasteiger partial charge on any atom is 0.160 e. The highest BCUT2D eigenvalue weighted by molar-refractivity contribution is 7.98. The Balaban J connectivity index is 1.89. The summed E-state index contributed by atoms with van der Waals surface area (Å²) in [4.78, 5) is 16.9. The van der Waals surface area contributed by atoms with Gasteiger partial charge in [0.1, 0.15) is 0 Å². The molecule has 2 rings (SSSR count). The molecule has 5 heteroatoms. The summed E-state index contributed by atoms with van der Waals surface area (Å²) < 4.78 is 4.26. The number of carbonyl (C=O) groups excluding carboxylic acids is 1. The molecule has 2 atom stereocenters. The largest absolute Gasteiger partial charge is 0.383 e. The maximum atomic E-state index is 12.0. The van der Waals surface area contributed by atoms with Crippen LogP contribution in [-0.4, -0.2) is 50.1 Å². The van der Waals surface area contributed by atoms with Crippen molar-refractivity contribution in [3.8, 4) is 0 Å². The summed E-state index contributed by atoms with van der Waals surface area (Å²) in [5.74, 6) is 0.762. The third-order valence-electron chi connectivity index (χ3n) is 3.44. The fourth-order valence-corrected chi connectivity index (χ4v) is 2.79. The van der Waals surface area contributed by atoms with Crippen LogP contribution >= 0.6 is 11.9 Å². The van der Waals surface area contributed by atoms with Gasteiger partial charge in [-0.25, -0.2) is 4.40 Å². The van der Waals surface area contributed by atoms with Gasteiger partial charge in [0.05, 0.1) is 6.34 Å². The Hall–Kier alpha value is -1.75. The van der Waals surface area contributed by atoms with Gasteiger partial charge in [-0.1, -0.05) is 12.1 Å². The first kappa shape index (κ1) is 16.6. The predicted octanol–water partition coefficient (Wildman–Crippen LogP) is 3.03. The predicted molar refractivity (Wildman–Crippen MR) is 93.2 cm³/mol. The van der Waals surface area contributed by atoms with E-state index in [2.05, 4.69) is 28.7 Å². The fraction of sp³-hybridized carbons (Fsp3) is 0.412. The molecule has 0 bridgehead atoms. The van der Waals surface area contributed by atoms with Crippen molar-refractivity contribution in [3.63, 3.8) is 0 Å². The Morgan fingerprint density at radius 3 is 2.45 bits per heavy atom. The summed E-state index contributed by atoms with van der Waals surface area (Å²) in [5.41, 5.74) is 1.25. The lowest BCUT2D eigenvalue weighted by atomic mass is 10.1. The van der Waals surface area contributed by atoms with Gasteiger partial charge in [0.25, 0.3) is 0 Å². The van der Waals surface area contributed by atoms with Crippen LogP contribution in [0.3, 0.4) is 0 Å². The molecule has 0 N–H and O–H groups in total. The van der Waals surface area contributed by atoms with E-state index < -0.39 is 0 Å². The number of hydrogen-bond donors (Lipinski definition) is 0. The zero-order valence-corrected chi connectivity index (χ0v) is 14.4. The lowest BCUT2D eigenvalue weighted by Gasteiger charge is -2.04. The SMILES string of the molecule is CN(C)/C=C/C(=O)C1CC1c1ccc(S/N=C/N(C)C)cc1. The third-order valence-corrected chi connectivity index (χ3v) is 4.12. The molecule has 4 nitrogen and oxygen atoms in total. The van der Waals surface area contributed by atoms with Gasteiger partial charge >= 0.3 is 0 Å². The average molecular weight is 317 g/mol. The van der Waals surface area contributed by atoms with Crippen molar-refractivity contribution in [3.05, 3.63) is 42.1 Å². The molecule has 1 aliphatic rings. The summed E-state index contributed by atoms with van der Waals surface area (Å²) in [6.07, 6.45) is 6.25. The molecule has 0 saturated heterocycles. The Kier molecular flexibility index (Phi) is 5.66. The van der Waals surface area contributed by atoms with Crippen molar-refractivity contribution >= 4 is 24.1 Å². The van der Waals surface area contributed by atoms with Crippen LogP contribution in [0.2, 0.25) is 0 Å². The van der Waals surface area contributed by atoms with Gasteiger partial charge in [-0.2, -0.15) is 0 Å². The molecule has 1 fully saturated rings. The number of rotatable bonds is 7. The number of hydrogen-bond acceptors (Lipinski definition) is 4. The molecule has 0 amide bonds. The van der Waals surface area contributed by atoms with E-state index in [0.29, 0.717) is 5.92 Å². The van der Waals surface area contributed by atoms with Gasteiger partial charge in [0, 0.05) is 57.2 Å². The van der Waals surface area contributed by atoms with Crippen LogP contribution in [0, 0.1) is 5.92 Å². The van der Waals surface area contributed by atoms with E-state index in [-0.39, 0.29) is 11.7 Å². The third kappa shape index (κ3) is 4.91. The van der Waals surface area contributed by atoms with Crippen LogP contribution < -0.4 is 0 Å². The van der Waals surface area contributed by atoms with E-state index >= 15 is 0 Å². The molecule has 0 radical (unpaired) electrons. The van der Waals surface area contributed by atoms with E-state index in [1.165, 1.54) is 17.5 Å². The second-order valence-electron chi connectivity index (χ2n) is 5.98. The first-order chi connectivity index (χ1) is 10.5. The molecule has 118 valence electrons. The fourth-order valence-electron chi connectivity index (χ4n) is 2.18. The monoisotopic (exact) mass is 317 g/mol. The molecule has 0 spiro atoms. The highest BCUT2D eigenvalue weighted by Gasteiger charge is 2.42. The van der Waals surface area contributed by atoms with E-state index in [1.807, 2.05) is 44.2 Å². The summed E-state index contributed by atoms with van der Waals surface area (Å²) >= 11 is 1.45. The minimum atomic E-state index is 0.154. The molecule has 1 aromatic rings. The lowest BCUT2D eigenvalue weighted by molar-refractivity contribution is -0.115. The van der Waals surface area contributed by atoms with Crippen molar-refractivity contribution in [2.24, 2.45) is 10.3 Å². The maximum absolute atomic E-state index is 12.0. The minimum Gasteiger partial charge on any atom is -0.383 e. The molecule has 2 unspecified atom stereocenters. The van der Waals surface area contributed by atoms with Gasteiger partial charge < -0.3 is 9.80 Å². The van der Waals surface area contributed by atoms with Crippen LogP contribution in [0.15, 0.2) is 45.8 Å². The zero-order valence-electron chi connectivity index (χ0n) is 13.6. The van der Waals surface area contributed by atoms with E-state index in [9.17, 15) is 4.79 Å². The summed E-state index contributed by atoms with van der Waals surface area (Å²) in [6, 6.07) is 8.37. The van der Waals surface area contributed by atoms with Gasteiger partial charge in [0.2, 0.25) is 0 Å². The van der Waals surface area contributed by atoms with Crippen molar-refractivity contribution in [1.82, 2.24) is 9.80 Å². The molecule has 1 saturated carbocycles. The second kappa shape index (κ2) is 7.49. The van der Waals surface area contributed by atoms with E-state index in [1.54, 1.807) is 12.4 Å².